The molecule has 0 fully saturated rings. The van der Waals surface area contributed by atoms with E-state index in [9.17, 15) is 13.2 Å². The van der Waals surface area contributed by atoms with Crippen molar-refractivity contribution in [1.82, 2.24) is 4.90 Å². The van der Waals surface area contributed by atoms with E-state index in [0.29, 0.717) is 11.4 Å². The maximum Gasteiger partial charge on any atom is 0.254 e. The van der Waals surface area contributed by atoms with E-state index in [4.69, 9.17) is 11.6 Å². The second kappa shape index (κ2) is 5.51. The molecule has 0 atom stereocenters. The topological polar surface area (TPSA) is 54.5 Å². The van der Waals surface area contributed by atoms with Gasteiger partial charge in [0.15, 0.2) is 9.84 Å². The van der Waals surface area contributed by atoms with Crippen LogP contribution in [0, 0.1) is 0 Å². The normalized spacial score (nSPS) is 12.3. The first-order valence-corrected chi connectivity index (χ1v) is 8.16. The van der Waals surface area contributed by atoms with Crippen LogP contribution in [0.1, 0.15) is 24.2 Å². The van der Waals surface area contributed by atoms with Crippen LogP contribution in [-0.2, 0) is 9.84 Å². The van der Waals surface area contributed by atoms with E-state index < -0.39 is 15.4 Å². The number of amides is 1. The summed E-state index contributed by atoms with van der Waals surface area (Å²) in [6.45, 7) is 3.73. The van der Waals surface area contributed by atoms with E-state index >= 15 is 0 Å². The Labute approximate surface area is 119 Å². The highest BCUT2D eigenvalue weighted by Gasteiger charge is 2.27. The molecule has 0 radical (unpaired) electrons. The van der Waals surface area contributed by atoms with Crippen LogP contribution in [0.2, 0.25) is 0 Å². The molecule has 4 nitrogen and oxygen atoms in total. The monoisotopic (exact) mass is 303 g/mol. The second-order valence-corrected chi connectivity index (χ2v) is 7.39. The number of nitrogens with zero attached hydrogens (tertiary/aromatic N) is 1. The first-order valence-electron chi connectivity index (χ1n) is 5.74. The first-order chi connectivity index (χ1) is 8.59. The number of rotatable bonds is 4. The van der Waals surface area contributed by atoms with Crippen LogP contribution in [0.15, 0.2) is 29.2 Å². The Balaban J connectivity index is 3.03. The van der Waals surface area contributed by atoms with Gasteiger partial charge in [0.1, 0.15) is 0 Å². The van der Waals surface area contributed by atoms with E-state index in [2.05, 4.69) is 0 Å². The third kappa shape index (κ3) is 3.70. The van der Waals surface area contributed by atoms with Crippen LogP contribution in [0.4, 0.5) is 0 Å². The molecule has 106 valence electrons. The molecular weight excluding hydrogens is 286 g/mol. The fraction of sp³-hybridized carbons (Fsp3) is 0.462. The first kappa shape index (κ1) is 16.0. The third-order valence-corrected chi connectivity index (χ3v) is 4.85. The Morgan fingerprint density at radius 2 is 1.74 bits per heavy atom. The quantitative estimate of drug-likeness (QED) is 0.801. The largest absolute Gasteiger partial charge is 0.335 e. The van der Waals surface area contributed by atoms with Gasteiger partial charge in [0.25, 0.3) is 5.91 Å². The summed E-state index contributed by atoms with van der Waals surface area (Å²) in [5.41, 5.74) is -0.0261. The molecule has 0 N–H and O–H groups in total. The van der Waals surface area contributed by atoms with Crippen LogP contribution < -0.4 is 0 Å². The van der Waals surface area contributed by atoms with Crippen LogP contribution in [-0.4, -0.2) is 43.9 Å². The van der Waals surface area contributed by atoms with Gasteiger partial charge in [-0.25, -0.2) is 8.42 Å². The van der Waals surface area contributed by atoms with Gasteiger partial charge in [0.05, 0.1) is 10.4 Å². The summed E-state index contributed by atoms with van der Waals surface area (Å²) in [5, 5.41) is 0. The van der Waals surface area contributed by atoms with Crippen molar-refractivity contribution in [3.63, 3.8) is 0 Å². The van der Waals surface area contributed by atoms with Crippen molar-refractivity contribution < 1.29 is 13.2 Å². The third-order valence-electron chi connectivity index (χ3n) is 3.07. The fourth-order valence-electron chi connectivity index (χ4n) is 1.40. The molecule has 0 unspecified atom stereocenters. The Morgan fingerprint density at radius 3 is 2.11 bits per heavy atom. The molecule has 0 bridgehead atoms. The summed E-state index contributed by atoms with van der Waals surface area (Å²) >= 11 is 5.83. The SMILES string of the molecule is CN(C(=O)c1ccc(S(C)(=O)=O)cc1)C(C)(C)CCl. The van der Waals surface area contributed by atoms with E-state index in [1.807, 2.05) is 13.8 Å². The Kier molecular flexibility index (Phi) is 4.63. The van der Waals surface area contributed by atoms with Crippen molar-refractivity contribution >= 4 is 27.3 Å². The summed E-state index contributed by atoms with van der Waals surface area (Å²) in [4.78, 5) is 14.0. The molecule has 0 spiro atoms. The molecule has 1 amide bonds. The predicted octanol–water partition coefficient (Wildman–Crippen LogP) is 2.18. The van der Waals surface area contributed by atoms with Crippen molar-refractivity contribution in [3.05, 3.63) is 29.8 Å². The lowest BCUT2D eigenvalue weighted by atomic mass is 10.0. The number of halogens is 1. The smallest absolute Gasteiger partial charge is 0.254 e. The highest BCUT2D eigenvalue weighted by molar-refractivity contribution is 7.90. The van der Waals surface area contributed by atoms with Gasteiger partial charge < -0.3 is 4.90 Å². The maximum absolute atomic E-state index is 12.2. The summed E-state index contributed by atoms with van der Waals surface area (Å²) in [5.74, 6) is 0.127. The minimum atomic E-state index is -3.24. The Morgan fingerprint density at radius 1 is 1.26 bits per heavy atom. The lowest BCUT2D eigenvalue weighted by Gasteiger charge is -2.34. The molecule has 0 saturated carbocycles. The van der Waals surface area contributed by atoms with Crippen molar-refractivity contribution in [2.45, 2.75) is 24.3 Å². The molecule has 6 heteroatoms. The van der Waals surface area contributed by atoms with Gasteiger partial charge in [-0.15, -0.1) is 11.6 Å². The fourth-order valence-corrected chi connectivity index (χ4v) is 2.21. The maximum atomic E-state index is 12.2. The molecule has 0 heterocycles. The average molecular weight is 304 g/mol. The van der Waals surface area contributed by atoms with Crippen LogP contribution in [0.5, 0.6) is 0 Å². The zero-order valence-corrected chi connectivity index (χ0v) is 13.0. The molecule has 0 aromatic heterocycles. The highest BCUT2D eigenvalue weighted by atomic mass is 35.5. The molecule has 0 aliphatic heterocycles. The lowest BCUT2D eigenvalue weighted by molar-refractivity contribution is 0.0660. The second-order valence-electron chi connectivity index (χ2n) is 5.11. The molecular formula is C13H18ClNO3S. The van der Waals surface area contributed by atoms with Crippen LogP contribution in [0.25, 0.3) is 0 Å². The van der Waals surface area contributed by atoms with Gasteiger partial charge in [-0.3, -0.25) is 4.79 Å². The van der Waals surface area contributed by atoms with Crippen molar-refractivity contribution in [3.8, 4) is 0 Å². The minimum Gasteiger partial charge on any atom is -0.335 e. The Hall–Kier alpha value is -1.07. The number of benzene rings is 1. The summed E-state index contributed by atoms with van der Waals surface area (Å²) < 4.78 is 22.7. The minimum absolute atomic E-state index is 0.189. The van der Waals surface area contributed by atoms with E-state index in [0.717, 1.165) is 6.26 Å². The van der Waals surface area contributed by atoms with Gasteiger partial charge in [-0.05, 0) is 38.1 Å². The van der Waals surface area contributed by atoms with Gasteiger partial charge >= 0.3 is 0 Å². The average Bonchev–Trinajstić information content (AvgIpc) is 2.36. The van der Waals surface area contributed by atoms with Crippen LogP contribution in [0.3, 0.4) is 0 Å². The van der Waals surface area contributed by atoms with Crippen molar-refractivity contribution in [2.24, 2.45) is 0 Å². The van der Waals surface area contributed by atoms with Gasteiger partial charge in [0.2, 0.25) is 0 Å². The van der Waals surface area contributed by atoms with Gasteiger partial charge in [0, 0.05) is 24.7 Å². The Bertz CT molecular complexity index is 564. The number of carbonyl (C=O) groups is 1. The molecule has 0 saturated heterocycles. The van der Waals surface area contributed by atoms with Gasteiger partial charge in [-0.2, -0.15) is 0 Å². The molecule has 1 aromatic carbocycles. The zero-order valence-electron chi connectivity index (χ0n) is 11.5. The summed E-state index contributed by atoms with van der Waals surface area (Å²) in [6, 6.07) is 5.90. The van der Waals surface area contributed by atoms with Crippen molar-refractivity contribution in [2.75, 3.05) is 19.2 Å². The number of hydrogen-bond acceptors (Lipinski definition) is 3. The van der Waals surface area contributed by atoms with E-state index in [1.165, 1.54) is 24.3 Å². The molecule has 1 aromatic rings. The molecule has 1 rings (SSSR count). The molecule has 0 aliphatic carbocycles. The van der Waals surface area contributed by atoms with E-state index in [-0.39, 0.29) is 10.8 Å². The zero-order chi connectivity index (χ0) is 14.8. The van der Waals surface area contributed by atoms with Crippen LogP contribution >= 0.6 is 11.6 Å². The van der Waals surface area contributed by atoms with E-state index in [1.54, 1.807) is 11.9 Å². The van der Waals surface area contributed by atoms with Crippen molar-refractivity contribution in [1.29, 1.82) is 0 Å². The number of alkyl halides is 1. The number of hydrogen-bond donors (Lipinski definition) is 0. The number of sulfone groups is 1. The summed E-state index contributed by atoms with van der Waals surface area (Å²) in [7, 11) is -1.57. The standard InChI is InChI=1S/C13H18ClNO3S/c1-13(2,9-14)15(3)12(16)10-5-7-11(8-6-10)19(4,17)18/h5-8H,9H2,1-4H3. The predicted molar refractivity (Wildman–Crippen MR) is 76.4 cm³/mol. The van der Waals surface area contributed by atoms with Gasteiger partial charge in [-0.1, -0.05) is 0 Å². The molecule has 0 aliphatic rings. The molecule has 19 heavy (non-hydrogen) atoms. The lowest BCUT2D eigenvalue weighted by Crippen LogP contribution is -2.46. The summed E-state index contributed by atoms with van der Waals surface area (Å²) in [6.07, 6.45) is 1.13. The highest BCUT2D eigenvalue weighted by Crippen LogP contribution is 2.18. The number of carbonyl (C=O) groups excluding carboxylic acids is 1.